The van der Waals surface area contributed by atoms with Gasteiger partial charge in [-0.1, -0.05) is 33.6 Å². The molecule has 18 heavy (non-hydrogen) atoms. The minimum Gasteiger partial charge on any atom is -0.481 e. The highest BCUT2D eigenvalue weighted by molar-refractivity contribution is 5.70. The molecular formula is C15H29NO2. The van der Waals surface area contributed by atoms with Gasteiger partial charge >= 0.3 is 5.97 Å². The molecule has 0 aliphatic heterocycles. The highest BCUT2D eigenvalue weighted by atomic mass is 16.4. The van der Waals surface area contributed by atoms with E-state index in [0.29, 0.717) is 12.1 Å². The van der Waals surface area contributed by atoms with Crippen molar-refractivity contribution in [3.63, 3.8) is 0 Å². The first kappa shape index (κ1) is 15.5. The average Bonchev–Trinajstić information content (AvgIpc) is 2.38. The van der Waals surface area contributed by atoms with Gasteiger partial charge in [0.25, 0.3) is 0 Å². The highest BCUT2D eigenvalue weighted by Crippen LogP contribution is 2.25. The van der Waals surface area contributed by atoms with Gasteiger partial charge in [0.15, 0.2) is 0 Å². The molecule has 0 aromatic heterocycles. The molecule has 1 fully saturated rings. The Bertz CT molecular complexity index is 255. The van der Waals surface area contributed by atoms with E-state index in [1.54, 1.807) is 0 Å². The quantitative estimate of drug-likeness (QED) is 0.732. The number of nitrogens with one attached hydrogen (secondary N) is 1. The Labute approximate surface area is 111 Å². The van der Waals surface area contributed by atoms with E-state index < -0.39 is 5.97 Å². The molecular weight excluding hydrogens is 226 g/mol. The first-order chi connectivity index (χ1) is 8.56. The SMILES string of the molecule is CCC(C)CC(CC)NC1CCCC(C(=O)O)C1. The Hall–Kier alpha value is -0.570. The molecule has 3 heteroatoms. The fourth-order valence-corrected chi connectivity index (χ4v) is 2.90. The summed E-state index contributed by atoms with van der Waals surface area (Å²) in [5.74, 6) is 0.00939. The number of carbonyl (C=O) groups is 1. The minimum absolute atomic E-state index is 0.127. The maximum Gasteiger partial charge on any atom is 0.306 e. The average molecular weight is 255 g/mol. The van der Waals surface area contributed by atoms with E-state index in [0.717, 1.165) is 38.0 Å². The zero-order chi connectivity index (χ0) is 13.5. The molecule has 2 N–H and O–H groups in total. The van der Waals surface area contributed by atoms with Gasteiger partial charge in [-0.15, -0.1) is 0 Å². The van der Waals surface area contributed by atoms with Crippen LogP contribution < -0.4 is 5.32 Å². The van der Waals surface area contributed by atoms with Crippen molar-refractivity contribution in [2.45, 2.75) is 77.8 Å². The largest absolute Gasteiger partial charge is 0.481 e. The van der Waals surface area contributed by atoms with Crippen LogP contribution in [-0.4, -0.2) is 23.2 Å². The molecule has 1 aliphatic rings. The summed E-state index contributed by atoms with van der Waals surface area (Å²) in [5.41, 5.74) is 0. The second-order valence-corrected chi connectivity index (χ2v) is 5.92. The summed E-state index contributed by atoms with van der Waals surface area (Å²) < 4.78 is 0. The molecule has 0 saturated heterocycles. The van der Waals surface area contributed by atoms with Crippen LogP contribution in [-0.2, 0) is 4.79 Å². The van der Waals surface area contributed by atoms with Gasteiger partial charge in [-0.2, -0.15) is 0 Å². The van der Waals surface area contributed by atoms with Crippen LogP contribution in [0.3, 0.4) is 0 Å². The van der Waals surface area contributed by atoms with E-state index in [1.165, 1.54) is 12.8 Å². The molecule has 1 rings (SSSR count). The van der Waals surface area contributed by atoms with Gasteiger partial charge in [0.2, 0.25) is 0 Å². The third-order valence-corrected chi connectivity index (χ3v) is 4.37. The van der Waals surface area contributed by atoms with Crippen molar-refractivity contribution in [1.82, 2.24) is 5.32 Å². The highest BCUT2D eigenvalue weighted by Gasteiger charge is 2.28. The standard InChI is InChI=1S/C15H29NO2/c1-4-11(3)9-13(5-2)16-14-8-6-7-12(10-14)15(17)18/h11-14,16H,4-10H2,1-3H3,(H,17,18). The molecule has 106 valence electrons. The van der Waals surface area contributed by atoms with E-state index in [1.807, 2.05) is 0 Å². The van der Waals surface area contributed by atoms with Crippen LogP contribution >= 0.6 is 0 Å². The molecule has 1 saturated carbocycles. The third-order valence-electron chi connectivity index (χ3n) is 4.37. The molecule has 0 aromatic carbocycles. The Morgan fingerprint density at radius 2 is 2.06 bits per heavy atom. The van der Waals surface area contributed by atoms with E-state index >= 15 is 0 Å². The van der Waals surface area contributed by atoms with E-state index in [4.69, 9.17) is 5.11 Å². The second-order valence-electron chi connectivity index (χ2n) is 5.92. The van der Waals surface area contributed by atoms with E-state index in [-0.39, 0.29) is 5.92 Å². The monoisotopic (exact) mass is 255 g/mol. The van der Waals surface area contributed by atoms with Crippen molar-refractivity contribution >= 4 is 5.97 Å². The van der Waals surface area contributed by atoms with Crippen LogP contribution in [0, 0.1) is 11.8 Å². The Kier molecular flexibility index (Phi) is 6.69. The van der Waals surface area contributed by atoms with Crippen molar-refractivity contribution in [3.8, 4) is 0 Å². The lowest BCUT2D eigenvalue weighted by Gasteiger charge is -2.32. The van der Waals surface area contributed by atoms with E-state index in [2.05, 4.69) is 26.1 Å². The van der Waals surface area contributed by atoms with Gasteiger partial charge < -0.3 is 10.4 Å². The summed E-state index contributed by atoms with van der Waals surface area (Å²) in [6.45, 7) is 6.75. The maximum atomic E-state index is 11.1. The number of rotatable bonds is 7. The normalized spacial score (nSPS) is 27.7. The van der Waals surface area contributed by atoms with Gasteiger partial charge in [0.05, 0.1) is 5.92 Å². The number of carboxylic acid groups (broad SMARTS) is 1. The molecule has 0 bridgehead atoms. The molecule has 0 amide bonds. The summed E-state index contributed by atoms with van der Waals surface area (Å²) >= 11 is 0. The molecule has 4 atom stereocenters. The van der Waals surface area contributed by atoms with Crippen molar-refractivity contribution in [1.29, 1.82) is 0 Å². The Balaban J connectivity index is 2.41. The molecule has 0 radical (unpaired) electrons. The first-order valence-electron chi connectivity index (χ1n) is 7.55. The molecule has 4 unspecified atom stereocenters. The van der Waals surface area contributed by atoms with Crippen LogP contribution in [0.25, 0.3) is 0 Å². The van der Waals surface area contributed by atoms with Gasteiger partial charge in [0.1, 0.15) is 0 Å². The van der Waals surface area contributed by atoms with Crippen molar-refractivity contribution in [2.75, 3.05) is 0 Å². The third kappa shape index (κ3) is 4.97. The number of aliphatic carboxylic acids is 1. The Morgan fingerprint density at radius 1 is 1.33 bits per heavy atom. The van der Waals surface area contributed by atoms with Crippen LogP contribution in [0.4, 0.5) is 0 Å². The van der Waals surface area contributed by atoms with Crippen LogP contribution in [0.2, 0.25) is 0 Å². The first-order valence-corrected chi connectivity index (χ1v) is 7.55. The molecule has 0 spiro atoms. The van der Waals surface area contributed by atoms with Gasteiger partial charge in [0, 0.05) is 12.1 Å². The molecule has 0 aromatic rings. The maximum absolute atomic E-state index is 11.1. The topological polar surface area (TPSA) is 49.3 Å². The number of hydrogen-bond acceptors (Lipinski definition) is 2. The van der Waals surface area contributed by atoms with Crippen LogP contribution in [0.5, 0.6) is 0 Å². The van der Waals surface area contributed by atoms with E-state index in [9.17, 15) is 4.79 Å². The van der Waals surface area contributed by atoms with Crippen LogP contribution in [0.1, 0.15) is 65.7 Å². The lowest BCUT2D eigenvalue weighted by atomic mass is 9.85. The Morgan fingerprint density at radius 3 is 2.61 bits per heavy atom. The van der Waals surface area contributed by atoms with Gasteiger partial charge in [-0.3, -0.25) is 4.79 Å². The van der Waals surface area contributed by atoms with Gasteiger partial charge in [-0.25, -0.2) is 0 Å². The fraction of sp³-hybridized carbons (Fsp3) is 0.933. The molecule has 0 heterocycles. The summed E-state index contributed by atoms with van der Waals surface area (Å²) in [4.78, 5) is 11.1. The smallest absolute Gasteiger partial charge is 0.306 e. The predicted molar refractivity (Wildman–Crippen MR) is 74.7 cm³/mol. The lowest BCUT2D eigenvalue weighted by molar-refractivity contribution is -0.143. The fourth-order valence-electron chi connectivity index (χ4n) is 2.90. The number of carboxylic acids is 1. The minimum atomic E-state index is -0.614. The van der Waals surface area contributed by atoms with Gasteiger partial charge in [-0.05, 0) is 38.0 Å². The van der Waals surface area contributed by atoms with Crippen molar-refractivity contribution in [3.05, 3.63) is 0 Å². The molecule has 1 aliphatic carbocycles. The summed E-state index contributed by atoms with van der Waals surface area (Å²) in [5, 5.41) is 12.8. The number of hydrogen-bond donors (Lipinski definition) is 2. The molecule has 3 nitrogen and oxygen atoms in total. The zero-order valence-electron chi connectivity index (χ0n) is 12.1. The van der Waals surface area contributed by atoms with Crippen molar-refractivity contribution in [2.24, 2.45) is 11.8 Å². The summed E-state index contributed by atoms with van der Waals surface area (Å²) in [6.07, 6.45) is 7.43. The second kappa shape index (κ2) is 7.78. The lowest BCUT2D eigenvalue weighted by Crippen LogP contribution is -2.42. The zero-order valence-corrected chi connectivity index (χ0v) is 12.1. The summed E-state index contributed by atoms with van der Waals surface area (Å²) in [6, 6.07) is 0.964. The summed E-state index contributed by atoms with van der Waals surface area (Å²) in [7, 11) is 0. The van der Waals surface area contributed by atoms with Crippen LogP contribution in [0.15, 0.2) is 0 Å². The predicted octanol–water partition coefficient (Wildman–Crippen LogP) is 3.43. The van der Waals surface area contributed by atoms with Crippen molar-refractivity contribution < 1.29 is 9.90 Å².